The van der Waals surface area contributed by atoms with Crippen LogP contribution in [0.1, 0.15) is 52.4 Å². The number of urea groups is 1. The van der Waals surface area contributed by atoms with Crippen LogP contribution in [0.5, 0.6) is 0 Å². The highest BCUT2D eigenvalue weighted by Crippen LogP contribution is 2.35. The summed E-state index contributed by atoms with van der Waals surface area (Å²) in [6, 6.07) is -0.127. The third-order valence-corrected chi connectivity index (χ3v) is 4.61. The second-order valence-electron chi connectivity index (χ2n) is 6.68. The molecular formula is C16H33N3O2. The maximum absolute atomic E-state index is 11.8. The summed E-state index contributed by atoms with van der Waals surface area (Å²) in [7, 11) is 2.08. The standard InChI is InChI=1S/C16H33N3O2/c1-4-5-11-19(3)12-10-17-15(21)18-13-16(2)9-7-6-8-14(16)20/h14,20H,4-13H2,1-3H3,(H2,17,18,21). The predicted molar refractivity (Wildman–Crippen MR) is 86.4 cm³/mol. The molecule has 1 aliphatic carbocycles. The summed E-state index contributed by atoms with van der Waals surface area (Å²) >= 11 is 0. The molecule has 0 aliphatic heterocycles. The number of nitrogens with one attached hydrogen (secondary N) is 2. The number of aliphatic hydroxyl groups is 1. The number of hydrogen-bond donors (Lipinski definition) is 3. The van der Waals surface area contributed by atoms with Gasteiger partial charge in [-0.05, 0) is 32.9 Å². The van der Waals surface area contributed by atoms with Gasteiger partial charge in [0, 0.05) is 25.0 Å². The summed E-state index contributed by atoms with van der Waals surface area (Å²) in [5, 5.41) is 15.9. The molecule has 0 heterocycles. The van der Waals surface area contributed by atoms with Crippen LogP contribution in [0.4, 0.5) is 4.79 Å². The molecule has 1 rings (SSSR count). The van der Waals surface area contributed by atoms with Crippen molar-refractivity contribution in [3.63, 3.8) is 0 Å². The Morgan fingerprint density at radius 1 is 1.33 bits per heavy atom. The Balaban J connectivity index is 2.16. The van der Waals surface area contributed by atoms with Gasteiger partial charge in [0.25, 0.3) is 0 Å². The molecule has 5 nitrogen and oxygen atoms in total. The molecule has 0 spiro atoms. The first-order valence-corrected chi connectivity index (χ1v) is 8.36. The number of nitrogens with zero attached hydrogens (tertiary/aromatic N) is 1. The van der Waals surface area contributed by atoms with Crippen LogP contribution in [0.2, 0.25) is 0 Å². The Labute approximate surface area is 129 Å². The number of unbranched alkanes of at least 4 members (excludes halogenated alkanes) is 1. The smallest absolute Gasteiger partial charge is 0.314 e. The fraction of sp³-hybridized carbons (Fsp3) is 0.938. The van der Waals surface area contributed by atoms with E-state index in [1.807, 2.05) is 0 Å². The maximum atomic E-state index is 11.8. The lowest BCUT2D eigenvalue weighted by molar-refractivity contribution is 0.00309. The molecule has 21 heavy (non-hydrogen) atoms. The molecule has 0 aromatic heterocycles. The summed E-state index contributed by atoms with van der Waals surface area (Å²) in [6.45, 7) is 7.39. The minimum atomic E-state index is -0.299. The molecule has 0 bridgehead atoms. The number of rotatable bonds is 8. The molecule has 3 N–H and O–H groups in total. The largest absolute Gasteiger partial charge is 0.392 e. The molecule has 124 valence electrons. The first-order valence-electron chi connectivity index (χ1n) is 8.36. The molecule has 2 atom stereocenters. The van der Waals surface area contributed by atoms with Gasteiger partial charge in [0.1, 0.15) is 0 Å². The summed E-state index contributed by atoms with van der Waals surface area (Å²) in [6.07, 6.45) is 6.15. The molecule has 5 heteroatoms. The van der Waals surface area contributed by atoms with Gasteiger partial charge in [-0.1, -0.05) is 33.1 Å². The van der Waals surface area contributed by atoms with Crippen LogP contribution in [0.25, 0.3) is 0 Å². The highest BCUT2D eigenvalue weighted by molar-refractivity contribution is 5.73. The average molecular weight is 299 g/mol. The molecule has 0 radical (unpaired) electrons. The fourth-order valence-electron chi connectivity index (χ4n) is 2.83. The Bertz CT molecular complexity index is 312. The lowest BCUT2D eigenvalue weighted by atomic mass is 9.73. The van der Waals surface area contributed by atoms with Crippen molar-refractivity contribution in [3.05, 3.63) is 0 Å². The van der Waals surface area contributed by atoms with Crippen molar-refractivity contribution < 1.29 is 9.90 Å². The summed E-state index contributed by atoms with van der Waals surface area (Å²) in [5.74, 6) is 0. The van der Waals surface area contributed by atoms with Crippen molar-refractivity contribution >= 4 is 6.03 Å². The van der Waals surface area contributed by atoms with Crippen LogP contribution >= 0.6 is 0 Å². The van der Waals surface area contributed by atoms with E-state index >= 15 is 0 Å². The van der Waals surface area contributed by atoms with E-state index in [1.54, 1.807) is 0 Å². The number of likely N-dealkylation sites (N-methyl/N-ethyl adjacent to an activating group) is 1. The number of carbonyl (C=O) groups excluding carboxylic acids is 1. The van der Waals surface area contributed by atoms with Crippen molar-refractivity contribution in [1.82, 2.24) is 15.5 Å². The molecule has 1 fully saturated rings. The van der Waals surface area contributed by atoms with Crippen molar-refractivity contribution in [2.75, 3.05) is 33.2 Å². The summed E-state index contributed by atoms with van der Waals surface area (Å²) in [5.41, 5.74) is -0.173. The number of aliphatic hydroxyl groups excluding tert-OH is 1. The van der Waals surface area contributed by atoms with E-state index in [2.05, 4.69) is 36.4 Å². The quantitative estimate of drug-likeness (QED) is 0.642. The van der Waals surface area contributed by atoms with Crippen molar-refractivity contribution in [2.24, 2.45) is 5.41 Å². The maximum Gasteiger partial charge on any atom is 0.314 e. The van der Waals surface area contributed by atoms with Gasteiger partial charge in [0.05, 0.1) is 6.10 Å². The second-order valence-corrected chi connectivity index (χ2v) is 6.68. The molecule has 2 unspecified atom stereocenters. The SMILES string of the molecule is CCCCN(C)CCNC(=O)NCC1(C)CCCCC1O. The minimum Gasteiger partial charge on any atom is -0.392 e. The molecule has 1 saturated carbocycles. The van der Waals surface area contributed by atoms with Gasteiger partial charge in [-0.2, -0.15) is 0 Å². The Morgan fingerprint density at radius 3 is 2.76 bits per heavy atom. The summed E-state index contributed by atoms with van der Waals surface area (Å²) in [4.78, 5) is 14.0. The minimum absolute atomic E-state index is 0.127. The third kappa shape index (κ3) is 6.66. The lowest BCUT2D eigenvalue weighted by Gasteiger charge is -2.38. The normalized spacial score (nSPS) is 25.9. The first-order chi connectivity index (χ1) is 9.98. The van der Waals surface area contributed by atoms with Crippen LogP contribution in [-0.4, -0.2) is 55.4 Å². The monoisotopic (exact) mass is 299 g/mol. The lowest BCUT2D eigenvalue weighted by Crippen LogP contribution is -2.48. The third-order valence-electron chi connectivity index (χ3n) is 4.61. The fourth-order valence-corrected chi connectivity index (χ4v) is 2.83. The van der Waals surface area contributed by atoms with Crippen molar-refractivity contribution in [1.29, 1.82) is 0 Å². The first kappa shape index (κ1) is 18.2. The highest BCUT2D eigenvalue weighted by Gasteiger charge is 2.35. The summed E-state index contributed by atoms with van der Waals surface area (Å²) < 4.78 is 0. The molecule has 2 amide bonds. The van der Waals surface area contributed by atoms with Crippen molar-refractivity contribution in [3.8, 4) is 0 Å². The van der Waals surface area contributed by atoms with Gasteiger partial charge < -0.3 is 20.6 Å². The predicted octanol–water partition coefficient (Wildman–Crippen LogP) is 1.96. The van der Waals surface area contributed by atoms with Crippen molar-refractivity contribution in [2.45, 2.75) is 58.5 Å². The zero-order valence-corrected chi connectivity index (χ0v) is 14.0. The van der Waals surface area contributed by atoms with Gasteiger partial charge in [0.2, 0.25) is 0 Å². The van der Waals surface area contributed by atoms with Crippen LogP contribution < -0.4 is 10.6 Å². The van der Waals surface area contributed by atoms with Crippen LogP contribution in [0.15, 0.2) is 0 Å². The van der Waals surface area contributed by atoms with E-state index in [4.69, 9.17) is 0 Å². The zero-order chi connectivity index (χ0) is 15.7. The Morgan fingerprint density at radius 2 is 2.10 bits per heavy atom. The number of amides is 2. The van der Waals surface area contributed by atoms with Gasteiger partial charge in [-0.25, -0.2) is 4.79 Å². The highest BCUT2D eigenvalue weighted by atomic mass is 16.3. The van der Waals surface area contributed by atoms with E-state index < -0.39 is 0 Å². The number of hydrogen-bond acceptors (Lipinski definition) is 3. The van der Waals surface area contributed by atoms with E-state index in [9.17, 15) is 9.90 Å². The van der Waals surface area contributed by atoms with Gasteiger partial charge >= 0.3 is 6.03 Å². The number of carbonyl (C=O) groups is 1. The Hall–Kier alpha value is -0.810. The van der Waals surface area contributed by atoms with E-state index in [-0.39, 0.29) is 17.6 Å². The topological polar surface area (TPSA) is 64.6 Å². The van der Waals surface area contributed by atoms with E-state index in [0.29, 0.717) is 13.1 Å². The molecular weight excluding hydrogens is 266 g/mol. The van der Waals surface area contributed by atoms with Gasteiger partial charge in [0.15, 0.2) is 0 Å². The van der Waals surface area contributed by atoms with E-state index in [0.717, 1.165) is 38.8 Å². The van der Waals surface area contributed by atoms with Crippen LogP contribution in [0.3, 0.4) is 0 Å². The average Bonchev–Trinajstić information content (AvgIpc) is 2.46. The van der Waals surface area contributed by atoms with Gasteiger partial charge in [-0.15, -0.1) is 0 Å². The molecule has 0 aromatic carbocycles. The molecule has 0 saturated heterocycles. The zero-order valence-electron chi connectivity index (χ0n) is 14.0. The molecule has 0 aromatic rings. The van der Waals surface area contributed by atoms with E-state index in [1.165, 1.54) is 12.8 Å². The Kier molecular flexibility index (Phi) is 8.04. The second kappa shape index (κ2) is 9.26. The van der Waals surface area contributed by atoms with Crippen LogP contribution in [-0.2, 0) is 0 Å². The van der Waals surface area contributed by atoms with Gasteiger partial charge in [-0.3, -0.25) is 0 Å². The molecule has 1 aliphatic rings. The van der Waals surface area contributed by atoms with Crippen LogP contribution in [0, 0.1) is 5.41 Å².